The van der Waals surface area contributed by atoms with E-state index in [1.807, 2.05) is 0 Å². The molecule has 1 aliphatic carbocycles. The lowest BCUT2D eigenvalue weighted by Gasteiger charge is -2.19. The molecule has 1 heterocycles. The molecule has 1 N–H and O–H groups in total. The fraction of sp³-hybridized carbons (Fsp3) is 0.800. The maximum Gasteiger partial charge on any atom is 0.139 e. The number of hydrogen-bond donors (Lipinski definition) is 1. The molecule has 12 heavy (non-hydrogen) atoms. The highest BCUT2D eigenvalue weighted by molar-refractivity contribution is 5.15. The molecule has 2 atom stereocenters. The Kier molecular flexibility index (Phi) is 1.67. The maximum absolute atomic E-state index is 9.84. The zero-order chi connectivity index (χ0) is 8.77. The van der Waals surface area contributed by atoms with Crippen molar-refractivity contribution < 1.29 is 5.11 Å². The standard InChI is InChI=1S/C10H15NO/c1-3-10(12)6-8(2)11(7-10)9-4-5-9/h1,8-9,12H,4-7H2,2H3. The quantitative estimate of drug-likeness (QED) is 0.575. The van der Waals surface area contributed by atoms with Crippen molar-refractivity contribution in [2.75, 3.05) is 6.54 Å². The van der Waals surface area contributed by atoms with E-state index in [2.05, 4.69) is 17.7 Å². The Morgan fingerprint density at radius 2 is 2.25 bits per heavy atom. The number of rotatable bonds is 1. The third-order valence-electron chi connectivity index (χ3n) is 2.93. The number of likely N-dealkylation sites (tertiary alicyclic amines) is 1. The first-order chi connectivity index (χ1) is 5.64. The van der Waals surface area contributed by atoms with E-state index < -0.39 is 5.60 Å². The molecule has 2 aliphatic rings. The molecule has 2 unspecified atom stereocenters. The van der Waals surface area contributed by atoms with E-state index in [1.165, 1.54) is 12.8 Å². The lowest BCUT2D eigenvalue weighted by molar-refractivity contribution is 0.107. The van der Waals surface area contributed by atoms with Gasteiger partial charge in [-0.3, -0.25) is 4.90 Å². The highest BCUT2D eigenvalue weighted by Gasteiger charge is 2.44. The second-order valence-corrected chi connectivity index (χ2v) is 4.13. The van der Waals surface area contributed by atoms with E-state index in [9.17, 15) is 5.11 Å². The molecule has 0 bridgehead atoms. The molecule has 0 aromatic rings. The first-order valence-electron chi connectivity index (χ1n) is 4.60. The van der Waals surface area contributed by atoms with Crippen LogP contribution in [0.1, 0.15) is 26.2 Å². The molecular formula is C10H15NO. The third kappa shape index (κ3) is 1.24. The lowest BCUT2D eigenvalue weighted by Crippen LogP contribution is -2.33. The molecule has 0 aromatic heterocycles. The van der Waals surface area contributed by atoms with Gasteiger partial charge >= 0.3 is 0 Å². The van der Waals surface area contributed by atoms with Gasteiger partial charge in [-0.1, -0.05) is 5.92 Å². The van der Waals surface area contributed by atoms with Crippen molar-refractivity contribution in [3.8, 4) is 12.3 Å². The van der Waals surface area contributed by atoms with Gasteiger partial charge in [0.25, 0.3) is 0 Å². The predicted octanol–water partition coefficient (Wildman–Crippen LogP) is 0.607. The topological polar surface area (TPSA) is 23.5 Å². The second-order valence-electron chi connectivity index (χ2n) is 4.13. The van der Waals surface area contributed by atoms with Crippen molar-refractivity contribution in [3.63, 3.8) is 0 Å². The van der Waals surface area contributed by atoms with Crippen molar-refractivity contribution >= 4 is 0 Å². The fourth-order valence-corrected chi connectivity index (χ4v) is 2.13. The van der Waals surface area contributed by atoms with Crippen LogP contribution in [0.2, 0.25) is 0 Å². The van der Waals surface area contributed by atoms with Crippen LogP contribution in [0.15, 0.2) is 0 Å². The van der Waals surface area contributed by atoms with Crippen molar-refractivity contribution in [1.82, 2.24) is 4.90 Å². The van der Waals surface area contributed by atoms with E-state index in [1.54, 1.807) is 0 Å². The Hall–Kier alpha value is -0.520. The summed E-state index contributed by atoms with van der Waals surface area (Å²) in [6.45, 7) is 2.82. The number of β-amino-alcohol motifs (C(OH)–C–C–N with tert-alkyl or cyclic N) is 1. The van der Waals surface area contributed by atoms with Crippen LogP contribution in [-0.4, -0.2) is 34.2 Å². The van der Waals surface area contributed by atoms with E-state index in [0.717, 1.165) is 6.42 Å². The van der Waals surface area contributed by atoms with Crippen molar-refractivity contribution in [3.05, 3.63) is 0 Å². The minimum absolute atomic E-state index is 0.457. The van der Waals surface area contributed by atoms with Gasteiger partial charge in [0.15, 0.2) is 0 Å². The van der Waals surface area contributed by atoms with E-state index >= 15 is 0 Å². The zero-order valence-corrected chi connectivity index (χ0v) is 7.45. The molecule has 1 saturated heterocycles. The summed E-state index contributed by atoms with van der Waals surface area (Å²) >= 11 is 0. The van der Waals surface area contributed by atoms with Crippen LogP contribution in [0, 0.1) is 12.3 Å². The van der Waals surface area contributed by atoms with Crippen LogP contribution >= 0.6 is 0 Å². The Balaban J connectivity index is 2.07. The highest BCUT2D eigenvalue weighted by atomic mass is 16.3. The molecule has 2 fully saturated rings. The van der Waals surface area contributed by atoms with Crippen LogP contribution in [0.5, 0.6) is 0 Å². The van der Waals surface area contributed by atoms with Crippen molar-refractivity contribution in [2.45, 2.75) is 43.9 Å². The number of aliphatic hydroxyl groups is 1. The molecular weight excluding hydrogens is 150 g/mol. The molecule has 2 nitrogen and oxygen atoms in total. The summed E-state index contributed by atoms with van der Waals surface area (Å²) in [5.41, 5.74) is -0.845. The Morgan fingerprint density at radius 1 is 1.58 bits per heavy atom. The van der Waals surface area contributed by atoms with Gasteiger partial charge in [-0.05, 0) is 19.8 Å². The van der Waals surface area contributed by atoms with Gasteiger partial charge in [0.1, 0.15) is 5.60 Å². The molecule has 2 heteroatoms. The molecule has 0 aromatic carbocycles. The molecule has 66 valence electrons. The van der Waals surface area contributed by atoms with E-state index in [0.29, 0.717) is 18.6 Å². The molecule has 0 spiro atoms. The van der Waals surface area contributed by atoms with Gasteiger partial charge in [-0.25, -0.2) is 0 Å². The van der Waals surface area contributed by atoms with Crippen LogP contribution in [0.25, 0.3) is 0 Å². The molecule has 0 radical (unpaired) electrons. The van der Waals surface area contributed by atoms with Crippen LogP contribution in [0.3, 0.4) is 0 Å². The fourth-order valence-electron chi connectivity index (χ4n) is 2.13. The van der Waals surface area contributed by atoms with Gasteiger partial charge in [0.2, 0.25) is 0 Å². The van der Waals surface area contributed by atoms with Gasteiger partial charge in [0.05, 0.1) is 0 Å². The summed E-state index contributed by atoms with van der Waals surface area (Å²) in [4.78, 5) is 2.35. The van der Waals surface area contributed by atoms with Crippen LogP contribution in [-0.2, 0) is 0 Å². The SMILES string of the molecule is C#CC1(O)CC(C)N(C2CC2)C1. The van der Waals surface area contributed by atoms with E-state index in [4.69, 9.17) is 6.42 Å². The molecule has 2 rings (SSSR count). The second kappa shape index (κ2) is 2.48. The largest absolute Gasteiger partial charge is 0.376 e. The maximum atomic E-state index is 9.84. The molecule has 1 saturated carbocycles. The predicted molar refractivity (Wildman–Crippen MR) is 47.6 cm³/mol. The summed E-state index contributed by atoms with van der Waals surface area (Å²) in [6.07, 6.45) is 8.59. The third-order valence-corrected chi connectivity index (χ3v) is 2.93. The van der Waals surface area contributed by atoms with Crippen LogP contribution in [0.4, 0.5) is 0 Å². The van der Waals surface area contributed by atoms with E-state index in [-0.39, 0.29) is 0 Å². The van der Waals surface area contributed by atoms with Crippen molar-refractivity contribution in [1.29, 1.82) is 0 Å². The average molecular weight is 165 g/mol. The Morgan fingerprint density at radius 3 is 2.67 bits per heavy atom. The monoisotopic (exact) mass is 165 g/mol. The van der Waals surface area contributed by atoms with Gasteiger partial charge < -0.3 is 5.11 Å². The summed E-state index contributed by atoms with van der Waals surface area (Å²) in [5, 5.41) is 9.84. The highest BCUT2D eigenvalue weighted by Crippen LogP contribution is 2.36. The van der Waals surface area contributed by atoms with Gasteiger partial charge in [0, 0.05) is 25.0 Å². The summed E-state index contributed by atoms with van der Waals surface area (Å²) in [6, 6.07) is 1.17. The number of nitrogens with zero attached hydrogens (tertiary/aromatic N) is 1. The number of hydrogen-bond acceptors (Lipinski definition) is 2. The normalized spacial score (nSPS) is 42.9. The Bertz CT molecular complexity index is 228. The zero-order valence-electron chi connectivity index (χ0n) is 7.45. The van der Waals surface area contributed by atoms with Crippen molar-refractivity contribution in [2.24, 2.45) is 0 Å². The first kappa shape index (κ1) is 8.10. The first-order valence-corrected chi connectivity index (χ1v) is 4.60. The summed E-state index contributed by atoms with van der Waals surface area (Å²) < 4.78 is 0. The Labute approximate surface area is 73.6 Å². The smallest absolute Gasteiger partial charge is 0.139 e. The molecule has 1 aliphatic heterocycles. The van der Waals surface area contributed by atoms with Gasteiger partial charge in [-0.2, -0.15) is 0 Å². The minimum Gasteiger partial charge on any atom is -0.376 e. The molecule has 0 amide bonds. The van der Waals surface area contributed by atoms with Crippen LogP contribution < -0.4 is 0 Å². The lowest BCUT2D eigenvalue weighted by atomic mass is 10.0. The minimum atomic E-state index is -0.845. The van der Waals surface area contributed by atoms with Gasteiger partial charge in [-0.15, -0.1) is 6.42 Å². The average Bonchev–Trinajstić information content (AvgIpc) is 2.80. The summed E-state index contributed by atoms with van der Waals surface area (Å²) in [7, 11) is 0. The summed E-state index contributed by atoms with van der Waals surface area (Å²) in [5.74, 6) is 2.50. The number of terminal acetylenes is 1.